The van der Waals surface area contributed by atoms with Crippen LogP contribution in [-0.2, 0) is 6.42 Å². The number of ether oxygens (including phenoxy) is 1. The molecule has 0 radical (unpaired) electrons. The molecule has 5 heteroatoms. The fraction of sp³-hybridized carbons (Fsp3) is 0.200. The van der Waals surface area contributed by atoms with Crippen LogP contribution in [0.15, 0.2) is 40.9 Å². The Balaban J connectivity index is 2.27. The van der Waals surface area contributed by atoms with Gasteiger partial charge in [-0.2, -0.15) is 0 Å². The summed E-state index contributed by atoms with van der Waals surface area (Å²) >= 11 is 9.13. The minimum absolute atomic E-state index is 0.149. The highest BCUT2D eigenvalue weighted by molar-refractivity contribution is 9.10. The standard InChI is InChI=1S/C15H13BrClFO2/c1-20-15-5-4-11(17)8-12(15)14(19)6-9-2-3-10(16)7-13(9)18/h2-5,7-8,14,19H,6H2,1H3. The Kier molecular flexibility index (Phi) is 5.02. The van der Waals surface area contributed by atoms with Crippen molar-refractivity contribution in [1.82, 2.24) is 0 Å². The molecule has 0 amide bonds. The summed E-state index contributed by atoms with van der Waals surface area (Å²) in [5.74, 6) is 0.166. The molecular weight excluding hydrogens is 347 g/mol. The maximum atomic E-state index is 13.8. The van der Waals surface area contributed by atoms with Gasteiger partial charge in [-0.1, -0.05) is 33.6 Å². The fourth-order valence-corrected chi connectivity index (χ4v) is 2.48. The van der Waals surface area contributed by atoms with Crippen LogP contribution in [-0.4, -0.2) is 12.2 Å². The van der Waals surface area contributed by atoms with Gasteiger partial charge in [0.05, 0.1) is 13.2 Å². The Morgan fingerprint density at radius 3 is 2.70 bits per heavy atom. The first-order valence-corrected chi connectivity index (χ1v) is 7.14. The van der Waals surface area contributed by atoms with Gasteiger partial charge in [0.15, 0.2) is 0 Å². The van der Waals surface area contributed by atoms with E-state index in [9.17, 15) is 9.50 Å². The van der Waals surface area contributed by atoms with Crippen molar-refractivity contribution in [2.75, 3.05) is 7.11 Å². The number of hydrogen-bond acceptors (Lipinski definition) is 2. The topological polar surface area (TPSA) is 29.5 Å². The van der Waals surface area contributed by atoms with E-state index in [1.807, 2.05) is 0 Å². The lowest BCUT2D eigenvalue weighted by atomic mass is 10.0. The molecule has 0 aliphatic carbocycles. The van der Waals surface area contributed by atoms with Crippen molar-refractivity contribution in [1.29, 1.82) is 0 Å². The first kappa shape index (κ1) is 15.3. The molecule has 2 rings (SSSR count). The van der Waals surface area contributed by atoms with Crippen LogP contribution in [0, 0.1) is 5.82 Å². The quantitative estimate of drug-likeness (QED) is 0.869. The molecule has 0 saturated carbocycles. The Bertz CT molecular complexity index is 619. The smallest absolute Gasteiger partial charge is 0.127 e. The maximum absolute atomic E-state index is 13.8. The highest BCUT2D eigenvalue weighted by atomic mass is 79.9. The molecule has 2 aromatic rings. The van der Waals surface area contributed by atoms with Gasteiger partial charge in [-0.25, -0.2) is 4.39 Å². The van der Waals surface area contributed by atoms with Crippen LogP contribution in [0.4, 0.5) is 4.39 Å². The Morgan fingerprint density at radius 2 is 2.05 bits per heavy atom. The number of benzene rings is 2. The van der Waals surface area contributed by atoms with Gasteiger partial charge in [0.25, 0.3) is 0 Å². The second kappa shape index (κ2) is 6.57. The molecule has 1 atom stereocenters. The van der Waals surface area contributed by atoms with Crippen LogP contribution in [0.1, 0.15) is 17.2 Å². The summed E-state index contributed by atoms with van der Waals surface area (Å²) in [5.41, 5.74) is 0.977. The minimum Gasteiger partial charge on any atom is -0.496 e. The number of aliphatic hydroxyl groups excluding tert-OH is 1. The van der Waals surface area contributed by atoms with Gasteiger partial charge in [0.2, 0.25) is 0 Å². The molecule has 2 nitrogen and oxygen atoms in total. The number of rotatable bonds is 4. The largest absolute Gasteiger partial charge is 0.496 e. The second-order valence-electron chi connectivity index (χ2n) is 4.34. The van der Waals surface area contributed by atoms with Crippen LogP contribution >= 0.6 is 27.5 Å². The van der Waals surface area contributed by atoms with Crippen molar-refractivity contribution < 1.29 is 14.2 Å². The van der Waals surface area contributed by atoms with Crippen LogP contribution in [0.3, 0.4) is 0 Å². The molecule has 0 aromatic heterocycles. The van der Waals surface area contributed by atoms with Gasteiger partial charge < -0.3 is 9.84 Å². The summed E-state index contributed by atoms with van der Waals surface area (Å²) in [7, 11) is 1.51. The number of methoxy groups -OCH3 is 1. The summed E-state index contributed by atoms with van der Waals surface area (Å²) in [6.07, 6.45) is -0.741. The first-order chi connectivity index (χ1) is 9.51. The lowest BCUT2D eigenvalue weighted by Crippen LogP contribution is -2.05. The van der Waals surface area contributed by atoms with Gasteiger partial charge in [0, 0.05) is 21.5 Å². The van der Waals surface area contributed by atoms with Crippen molar-refractivity contribution >= 4 is 27.5 Å². The van der Waals surface area contributed by atoms with Crippen molar-refractivity contribution in [3.63, 3.8) is 0 Å². The van der Waals surface area contributed by atoms with E-state index >= 15 is 0 Å². The van der Waals surface area contributed by atoms with Crippen LogP contribution in [0.5, 0.6) is 5.75 Å². The molecule has 106 valence electrons. The zero-order chi connectivity index (χ0) is 14.7. The molecule has 1 N–H and O–H groups in total. The highest BCUT2D eigenvalue weighted by Crippen LogP contribution is 2.31. The zero-order valence-electron chi connectivity index (χ0n) is 10.7. The molecule has 0 aliphatic rings. The van der Waals surface area contributed by atoms with E-state index in [2.05, 4.69) is 15.9 Å². The summed E-state index contributed by atoms with van der Waals surface area (Å²) in [5, 5.41) is 10.8. The van der Waals surface area contributed by atoms with Crippen molar-refractivity contribution in [2.45, 2.75) is 12.5 Å². The predicted octanol–water partition coefficient (Wildman–Crippen LogP) is 4.53. The molecule has 1 unspecified atom stereocenters. The zero-order valence-corrected chi connectivity index (χ0v) is 13.1. The average Bonchev–Trinajstić information content (AvgIpc) is 2.41. The summed E-state index contributed by atoms with van der Waals surface area (Å²) in [6, 6.07) is 9.73. The van der Waals surface area contributed by atoms with Crippen LogP contribution in [0.2, 0.25) is 5.02 Å². The van der Waals surface area contributed by atoms with E-state index in [1.165, 1.54) is 13.2 Å². The van der Waals surface area contributed by atoms with E-state index in [4.69, 9.17) is 16.3 Å². The van der Waals surface area contributed by atoms with Gasteiger partial charge in [-0.3, -0.25) is 0 Å². The number of halogens is 3. The monoisotopic (exact) mass is 358 g/mol. The molecule has 0 heterocycles. The average molecular weight is 360 g/mol. The number of hydrogen-bond donors (Lipinski definition) is 1. The summed E-state index contributed by atoms with van der Waals surface area (Å²) < 4.78 is 19.6. The third-order valence-corrected chi connectivity index (χ3v) is 3.71. The van der Waals surface area contributed by atoms with E-state index in [1.54, 1.807) is 30.3 Å². The van der Waals surface area contributed by atoms with E-state index in [0.717, 1.165) is 0 Å². The third-order valence-electron chi connectivity index (χ3n) is 2.98. The van der Waals surface area contributed by atoms with E-state index in [-0.39, 0.29) is 12.2 Å². The predicted molar refractivity (Wildman–Crippen MR) is 80.8 cm³/mol. The van der Waals surface area contributed by atoms with Crippen molar-refractivity contribution in [3.8, 4) is 5.75 Å². The van der Waals surface area contributed by atoms with Crippen molar-refractivity contribution in [3.05, 3.63) is 62.8 Å². The van der Waals surface area contributed by atoms with Gasteiger partial charge >= 0.3 is 0 Å². The minimum atomic E-state index is -0.890. The molecule has 20 heavy (non-hydrogen) atoms. The Morgan fingerprint density at radius 1 is 1.30 bits per heavy atom. The molecule has 0 fully saturated rings. The summed E-state index contributed by atoms with van der Waals surface area (Å²) in [6.45, 7) is 0. The first-order valence-electron chi connectivity index (χ1n) is 5.96. The maximum Gasteiger partial charge on any atom is 0.127 e. The molecule has 0 spiro atoms. The lowest BCUT2D eigenvalue weighted by molar-refractivity contribution is 0.172. The Hall–Kier alpha value is -1.10. The lowest BCUT2D eigenvalue weighted by Gasteiger charge is -2.15. The number of aliphatic hydroxyl groups is 1. The van der Waals surface area contributed by atoms with Gasteiger partial charge in [-0.15, -0.1) is 0 Å². The highest BCUT2D eigenvalue weighted by Gasteiger charge is 2.16. The SMILES string of the molecule is COc1ccc(Cl)cc1C(O)Cc1ccc(Br)cc1F. The Labute approximate surface area is 130 Å². The molecular formula is C15H13BrClFO2. The molecule has 0 bridgehead atoms. The van der Waals surface area contributed by atoms with E-state index < -0.39 is 6.10 Å². The van der Waals surface area contributed by atoms with E-state index in [0.29, 0.717) is 26.4 Å². The van der Waals surface area contributed by atoms with Crippen molar-refractivity contribution in [2.24, 2.45) is 0 Å². The van der Waals surface area contributed by atoms with Crippen LogP contribution in [0.25, 0.3) is 0 Å². The molecule has 0 aliphatic heterocycles. The summed E-state index contributed by atoms with van der Waals surface area (Å²) in [4.78, 5) is 0. The second-order valence-corrected chi connectivity index (χ2v) is 5.69. The molecule has 0 saturated heterocycles. The van der Waals surface area contributed by atoms with Crippen LogP contribution < -0.4 is 4.74 Å². The normalized spacial score (nSPS) is 12.2. The third kappa shape index (κ3) is 3.51. The van der Waals surface area contributed by atoms with Gasteiger partial charge in [0.1, 0.15) is 11.6 Å². The fourth-order valence-electron chi connectivity index (χ4n) is 1.97. The molecule has 2 aromatic carbocycles. The van der Waals surface area contributed by atoms with Gasteiger partial charge in [-0.05, 0) is 35.9 Å².